The number of thiophene rings is 1. The number of benzene rings is 1. The lowest BCUT2D eigenvalue weighted by molar-refractivity contribution is -0.134. The number of hydrogen-bond donors (Lipinski definition) is 1. The van der Waals surface area contributed by atoms with Gasteiger partial charge in [-0.2, -0.15) is 0 Å². The van der Waals surface area contributed by atoms with Gasteiger partial charge in [0.1, 0.15) is 5.75 Å². The van der Waals surface area contributed by atoms with Crippen LogP contribution in [-0.2, 0) is 4.79 Å². The smallest absolute Gasteiger partial charge is 0.312 e. The molecule has 0 aliphatic carbocycles. The van der Waals surface area contributed by atoms with Crippen LogP contribution in [0.5, 0.6) is 5.75 Å². The molecule has 0 saturated carbocycles. The highest BCUT2D eigenvalue weighted by atomic mass is 32.1. The molecule has 5 heteroatoms. The van der Waals surface area contributed by atoms with Crippen molar-refractivity contribution in [1.82, 2.24) is 5.32 Å². The van der Waals surface area contributed by atoms with E-state index in [2.05, 4.69) is 5.32 Å². The molecular formula is C16H17NO3S. The van der Waals surface area contributed by atoms with Gasteiger partial charge in [-0.15, -0.1) is 11.3 Å². The third-order valence-electron chi connectivity index (χ3n) is 2.91. The molecule has 0 aliphatic heterocycles. The number of hydrogen-bond acceptors (Lipinski definition) is 4. The SMILES string of the molecule is Cc1ccc(OC(=O)CCNC(=O)c2cccs2)c(C)c1. The van der Waals surface area contributed by atoms with Gasteiger partial charge in [-0.3, -0.25) is 9.59 Å². The van der Waals surface area contributed by atoms with Crippen molar-refractivity contribution in [2.24, 2.45) is 0 Å². The minimum absolute atomic E-state index is 0.143. The van der Waals surface area contributed by atoms with Gasteiger partial charge in [0, 0.05) is 6.54 Å². The van der Waals surface area contributed by atoms with E-state index in [1.54, 1.807) is 12.1 Å². The maximum atomic E-state index is 11.7. The van der Waals surface area contributed by atoms with Gasteiger partial charge in [-0.05, 0) is 36.9 Å². The maximum absolute atomic E-state index is 11.7. The molecule has 2 rings (SSSR count). The molecule has 1 heterocycles. The van der Waals surface area contributed by atoms with Crippen LogP contribution in [0.2, 0.25) is 0 Å². The van der Waals surface area contributed by atoms with Crippen molar-refractivity contribution in [2.75, 3.05) is 6.54 Å². The molecule has 1 aromatic carbocycles. The summed E-state index contributed by atoms with van der Waals surface area (Å²) in [4.78, 5) is 24.1. The van der Waals surface area contributed by atoms with Crippen molar-refractivity contribution in [3.8, 4) is 5.75 Å². The average molecular weight is 303 g/mol. The normalized spacial score (nSPS) is 10.2. The standard InChI is InChI=1S/C16H17NO3S/c1-11-5-6-13(12(2)10-11)20-15(18)7-8-17-16(19)14-4-3-9-21-14/h3-6,9-10H,7-8H2,1-2H3,(H,17,19). The highest BCUT2D eigenvalue weighted by molar-refractivity contribution is 7.12. The molecule has 1 N–H and O–H groups in total. The van der Waals surface area contributed by atoms with Crippen LogP contribution in [0.25, 0.3) is 0 Å². The van der Waals surface area contributed by atoms with E-state index in [0.29, 0.717) is 10.6 Å². The quantitative estimate of drug-likeness (QED) is 0.682. The molecule has 21 heavy (non-hydrogen) atoms. The van der Waals surface area contributed by atoms with E-state index < -0.39 is 0 Å². The Kier molecular flexibility index (Phi) is 5.11. The van der Waals surface area contributed by atoms with E-state index in [1.807, 2.05) is 37.4 Å². The van der Waals surface area contributed by atoms with Gasteiger partial charge in [0.25, 0.3) is 5.91 Å². The zero-order chi connectivity index (χ0) is 15.2. The summed E-state index contributed by atoms with van der Waals surface area (Å²) in [6.07, 6.45) is 0.143. The molecule has 0 bridgehead atoms. The van der Waals surface area contributed by atoms with Gasteiger partial charge >= 0.3 is 5.97 Å². The minimum atomic E-state index is -0.353. The fourth-order valence-electron chi connectivity index (χ4n) is 1.86. The van der Waals surface area contributed by atoms with E-state index in [9.17, 15) is 9.59 Å². The van der Waals surface area contributed by atoms with Crippen LogP contribution in [0.15, 0.2) is 35.7 Å². The number of rotatable bonds is 5. The number of carbonyl (C=O) groups is 2. The number of aryl methyl sites for hydroxylation is 2. The van der Waals surface area contributed by atoms with Crippen molar-refractivity contribution < 1.29 is 14.3 Å². The number of ether oxygens (including phenoxy) is 1. The lowest BCUT2D eigenvalue weighted by Crippen LogP contribution is -2.26. The van der Waals surface area contributed by atoms with E-state index in [4.69, 9.17) is 4.74 Å². The van der Waals surface area contributed by atoms with Crippen molar-refractivity contribution in [3.63, 3.8) is 0 Å². The molecule has 0 saturated heterocycles. The van der Waals surface area contributed by atoms with Crippen molar-refractivity contribution in [2.45, 2.75) is 20.3 Å². The Morgan fingerprint density at radius 3 is 2.71 bits per heavy atom. The Labute approximate surface area is 127 Å². The summed E-state index contributed by atoms with van der Waals surface area (Å²) in [5, 5.41) is 4.53. The number of esters is 1. The molecule has 1 aromatic heterocycles. The first kappa shape index (κ1) is 15.3. The van der Waals surface area contributed by atoms with Gasteiger partial charge in [-0.1, -0.05) is 23.8 Å². The Hall–Kier alpha value is -2.14. The van der Waals surface area contributed by atoms with Crippen LogP contribution >= 0.6 is 11.3 Å². The van der Waals surface area contributed by atoms with E-state index >= 15 is 0 Å². The zero-order valence-electron chi connectivity index (χ0n) is 12.0. The first-order chi connectivity index (χ1) is 10.1. The highest BCUT2D eigenvalue weighted by Gasteiger charge is 2.10. The predicted molar refractivity (Wildman–Crippen MR) is 82.8 cm³/mol. The maximum Gasteiger partial charge on any atom is 0.312 e. The number of amides is 1. The lowest BCUT2D eigenvalue weighted by Gasteiger charge is -2.08. The molecule has 0 unspecified atom stereocenters. The fourth-order valence-corrected chi connectivity index (χ4v) is 2.50. The van der Waals surface area contributed by atoms with Gasteiger partial charge in [0.2, 0.25) is 0 Å². The molecule has 1 amide bonds. The summed E-state index contributed by atoms with van der Waals surface area (Å²) in [5.41, 5.74) is 2.04. The summed E-state index contributed by atoms with van der Waals surface area (Å²) in [5.74, 6) is 0.0490. The average Bonchev–Trinajstić information content (AvgIpc) is 2.96. The van der Waals surface area contributed by atoms with Gasteiger partial charge in [-0.25, -0.2) is 0 Å². The van der Waals surface area contributed by atoms with Gasteiger partial charge in [0.05, 0.1) is 11.3 Å². The molecule has 0 radical (unpaired) electrons. The second-order valence-electron chi connectivity index (χ2n) is 4.73. The minimum Gasteiger partial charge on any atom is -0.426 e. The first-order valence-electron chi connectivity index (χ1n) is 6.66. The third-order valence-corrected chi connectivity index (χ3v) is 3.78. The second kappa shape index (κ2) is 7.04. The van der Waals surface area contributed by atoms with Crippen LogP contribution in [0, 0.1) is 13.8 Å². The highest BCUT2D eigenvalue weighted by Crippen LogP contribution is 2.19. The zero-order valence-corrected chi connectivity index (χ0v) is 12.8. The monoisotopic (exact) mass is 303 g/mol. The summed E-state index contributed by atoms with van der Waals surface area (Å²) in [7, 11) is 0. The van der Waals surface area contributed by atoms with E-state index in [0.717, 1.165) is 11.1 Å². The lowest BCUT2D eigenvalue weighted by atomic mass is 10.1. The molecule has 0 atom stereocenters. The Balaban J connectivity index is 1.78. The largest absolute Gasteiger partial charge is 0.426 e. The molecule has 110 valence electrons. The van der Waals surface area contributed by atoms with E-state index in [-0.39, 0.29) is 24.8 Å². The fraction of sp³-hybridized carbons (Fsp3) is 0.250. The number of nitrogens with one attached hydrogen (secondary N) is 1. The number of carbonyl (C=O) groups excluding carboxylic acids is 2. The topological polar surface area (TPSA) is 55.4 Å². The van der Waals surface area contributed by atoms with Crippen LogP contribution in [0.4, 0.5) is 0 Å². The summed E-state index contributed by atoms with van der Waals surface area (Å²) in [6, 6.07) is 9.20. The molecule has 0 spiro atoms. The summed E-state index contributed by atoms with van der Waals surface area (Å²) in [6.45, 7) is 4.15. The van der Waals surface area contributed by atoms with Crippen molar-refractivity contribution in [3.05, 3.63) is 51.7 Å². The van der Waals surface area contributed by atoms with Gasteiger partial charge in [0.15, 0.2) is 0 Å². The van der Waals surface area contributed by atoms with Crippen molar-refractivity contribution in [1.29, 1.82) is 0 Å². The second-order valence-corrected chi connectivity index (χ2v) is 5.67. The van der Waals surface area contributed by atoms with Crippen LogP contribution in [0.1, 0.15) is 27.2 Å². The first-order valence-corrected chi connectivity index (χ1v) is 7.54. The molecule has 4 nitrogen and oxygen atoms in total. The van der Waals surface area contributed by atoms with Crippen LogP contribution in [-0.4, -0.2) is 18.4 Å². The van der Waals surface area contributed by atoms with E-state index in [1.165, 1.54) is 11.3 Å². The Bertz CT molecular complexity index is 635. The molecular weight excluding hydrogens is 286 g/mol. The predicted octanol–water partition coefficient (Wildman–Crippen LogP) is 3.09. The van der Waals surface area contributed by atoms with Crippen LogP contribution in [0.3, 0.4) is 0 Å². The van der Waals surface area contributed by atoms with Gasteiger partial charge < -0.3 is 10.1 Å². The molecule has 0 aliphatic rings. The summed E-state index contributed by atoms with van der Waals surface area (Å²) < 4.78 is 5.29. The van der Waals surface area contributed by atoms with Crippen molar-refractivity contribution >= 4 is 23.2 Å². The molecule has 0 fully saturated rings. The Morgan fingerprint density at radius 2 is 2.05 bits per heavy atom. The Morgan fingerprint density at radius 1 is 1.24 bits per heavy atom. The molecule has 2 aromatic rings. The summed E-state index contributed by atoms with van der Waals surface area (Å²) >= 11 is 1.37. The third kappa shape index (κ3) is 4.43. The van der Waals surface area contributed by atoms with Crippen LogP contribution < -0.4 is 10.1 Å².